The molecule has 38 heteroatoms. The SMILES string of the molecule is CC1(C)CN(C(=O)C2=CC=NC2)C[C@@H](F)[C@H]1Oc1ccc(-c2nccc(Nc3ccc(N4CCN(C5COC5)CC4)cc3)n2)cc1C#N.CC1(C)CN(C(=O)CCO)C[C@@H](F)[C@H]1Oc1ccc(-c2nccc(Nc3ccc(N4CCN(C5COC5)CC4)cc3)n2)cc1C#N.Cn1cc(C(=O)N2C[C@@H](F)[C@@H](Oc3ccc(-c4nccc(Nc5ccc(N6CCN(C7COC7)CC6)cc5)n4)cc3C#N)C(C)(C)C2)nn1. The van der Waals surface area contributed by atoms with E-state index in [2.05, 4.69) is 140 Å². The topological polar surface area (TPSA) is 384 Å². The highest BCUT2D eigenvalue weighted by molar-refractivity contribution is 6.00. The number of hydrogen-bond acceptors (Lipinski definition) is 31. The van der Waals surface area contributed by atoms with Crippen molar-refractivity contribution in [2.45, 2.75) is 103 Å². The van der Waals surface area contributed by atoms with E-state index in [0.717, 1.165) is 135 Å². The van der Waals surface area contributed by atoms with Crippen molar-refractivity contribution in [3.05, 3.63) is 204 Å². The lowest BCUT2D eigenvalue weighted by molar-refractivity contribution is -0.142. The first kappa shape index (κ1) is 98.9. The van der Waals surface area contributed by atoms with Crippen LogP contribution in [0.25, 0.3) is 34.2 Å². The van der Waals surface area contributed by atoms with Crippen LogP contribution in [0, 0.1) is 50.2 Å². The minimum absolute atomic E-state index is 0.0471. The normalized spacial score (nSPS) is 21.8. The number of aliphatic hydroxyl groups is 1. The standard InChI is InChI=1S/C36H39FN8O3.C35H39FN10O3.C34H40FN7O4/c1-36(2)23-45(35(46)25-9-11-39-19-25)20-30(37)33(36)48-31-8-3-24(17-26(31)18-38)34-40-12-10-32(42-34)41-27-4-6-28(7-5-27)43-13-15-44(16-14-43)29-21-47-22-29;1-35(2)22-46(34(47)29-19-43(3)42-41-29)18-28(36)32(35)49-30-9-4-23(16-24(30)17-37)33-38-11-10-31(40-33)39-25-5-7-26(8-6-25)44-12-14-45(15-13-44)27-20-48-21-27;1-34(2)22-42(31(44)10-16-43)19-28(35)32(34)46-29-8-3-23(17-24(29)18-36)33-37-11-9-30(39-33)38-25-4-6-26(7-5-25)40-12-14-41(15-13-40)27-20-45-21-27/h3-12,17,29-30,33H,13-16,19-23H2,1-2H3,(H,40,41,42);4-11,16,19,27-28,32H,12-15,18,20-22H2,1-3H3,(H,38,39,40);3-9,11,17,27-28,32,43H,10,12-16,19-22H2,1-2H3,(H,37,38,39)/t30-,33-;2*28-,32-/m111/s1. The van der Waals surface area contributed by atoms with Gasteiger partial charge in [-0.2, -0.15) is 15.8 Å². The maximum atomic E-state index is 15.7. The van der Waals surface area contributed by atoms with Crippen LogP contribution in [0.15, 0.2) is 187 Å². The number of halogens is 3. The van der Waals surface area contributed by atoms with Gasteiger partial charge >= 0.3 is 0 Å². The third kappa shape index (κ3) is 23.2. The maximum absolute atomic E-state index is 15.7. The lowest BCUT2D eigenvalue weighted by Crippen LogP contribution is -2.59. The molecule has 4 N–H and O–H groups in total. The second kappa shape index (κ2) is 43.7. The lowest BCUT2D eigenvalue weighted by atomic mass is 9.79. The molecule has 10 aliphatic heterocycles. The molecule has 0 unspecified atom stereocenters. The lowest BCUT2D eigenvalue weighted by Gasteiger charge is -2.45. The van der Waals surface area contributed by atoms with Crippen LogP contribution in [0.2, 0.25) is 0 Å². The van der Waals surface area contributed by atoms with E-state index >= 15 is 13.2 Å². The van der Waals surface area contributed by atoms with Crippen molar-refractivity contribution in [2.75, 3.05) is 201 Å². The van der Waals surface area contributed by atoms with Crippen LogP contribution < -0.4 is 44.9 Å². The number of allylic oxidation sites excluding steroid dienone is 1. The molecule has 744 valence electrons. The molecular formula is C105H118F3N25O10. The number of rotatable bonds is 25. The Bertz CT molecular complexity index is 6380. The van der Waals surface area contributed by atoms with Gasteiger partial charge in [-0.3, -0.25) is 38.8 Å². The summed E-state index contributed by atoms with van der Waals surface area (Å²) in [7, 11) is 1.67. The van der Waals surface area contributed by atoms with Gasteiger partial charge in [-0.05, 0) is 152 Å². The number of amides is 3. The number of anilines is 9. The number of piperazine rings is 3. The number of ether oxygens (including phenoxy) is 6. The monoisotopic (exact) mass is 1950 g/mol. The number of nitrogens with one attached hydrogen (secondary N) is 3. The van der Waals surface area contributed by atoms with E-state index < -0.39 is 53.1 Å². The summed E-state index contributed by atoms with van der Waals surface area (Å²) in [5.74, 6) is 3.04. The molecule has 0 radical (unpaired) electrons. The van der Waals surface area contributed by atoms with Crippen LogP contribution >= 0.6 is 0 Å². The Morgan fingerprint density at radius 3 is 1.08 bits per heavy atom. The van der Waals surface area contributed by atoms with Crippen molar-refractivity contribution in [1.82, 2.24) is 74.3 Å². The largest absolute Gasteiger partial charge is 0.485 e. The molecule has 6 aromatic carbocycles. The van der Waals surface area contributed by atoms with Gasteiger partial charge < -0.3 is 78.9 Å². The number of benzene rings is 6. The average Bonchev–Trinajstić information content (AvgIpc) is 1.75. The minimum Gasteiger partial charge on any atom is -0.485 e. The van der Waals surface area contributed by atoms with Gasteiger partial charge in [0.15, 0.2) is 41.7 Å². The summed E-state index contributed by atoms with van der Waals surface area (Å²) >= 11 is 0. The Kier molecular flexibility index (Phi) is 30.2. The number of carbonyl (C=O) groups excluding carboxylic acids is 3. The molecule has 4 aromatic heterocycles. The Hall–Kier alpha value is -14.3. The Morgan fingerprint density at radius 2 is 0.790 bits per heavy atom. The molecule has 35 nitrogen and oxygen atoms in total. The average molecular weight is 1950 g/mol. The summed E-state index contributed by atoms with van der Waals surface area (Å²) in [6.45, 7) is 28.9. The fraction of sp³-hybridized carbons (Fsp3) is 0.438. The van der Waals surface area contributed by atoms with E-state index in [-0.39, 0.29) is 103 Å². The van der Waals surface area contributed by atoms with E-state index in [1.54, 1.807) is 111 Å². The van der Waals surface area contributed by atoms with Crippen LogP contribution in [-0.4, -0.2) is 329 Å². The van der Waals surface area contributed by atoms with Crippen LogP contribution in [0.1, 0.15) is 75.1 Å². The fourth-order valence-electron chi connectivity index (χ4n) is 19.8. The van der Waals surface area contributed by atoms with E-state index in [0.29, 0.717) is 88.4 Å². The van der Waals surface area contributed by atoms with Gasteiger partial charge in [0.25, 0.3) is 11.8 Å². The molecule has 143 heavy (non-hydrogen) atoms. The number of aliphatic hydroxyl groups excluding tert-OH is 1. The number of alkyl halides is 3. The molecule has 9 saturated heterocycles. The molecule has 9 fully saturated rings. The minimum atomic E-state index is -1.49. The summed E-state index contributed by atoms with van der Waals surface area (Å²) in [6, 6.07) is 53.7. The Balaban J connectivity index is 0.000000141. The van der Waals surface area contributed by atoms with E-state index in [1.165, 1.54) is 42.6 Å². The third-order valence-electron chi connectivity index (χ3n) is 27.9. The molecular weight excluding hydrogens is 1830 g/mol. The number of nitriles is 3. The Labute approximate surface area is 828 Å². The molecule has 0 aliphatic carbocycles. The smallest absolute Gasteiger partial charge is 0.276 e. The number of piperidine rings is 3. The van der Waals surface area contributed by atoms with Crippen LogP contribution in [0.5, 0.6) is 17.2 Å². The summed E-state index contributed by atoms with van der Waals surface area (Å²) in [5.41, 5.74) is 7.38. The van der Waals surface area contributed by atoms with Crippen molar-refractivity contribution in [1.29, 1.82) is 15.8 Å². The highest BCUT2D eigenvalue weighted by Gasteiger charge is 2.50. The maximum Gasteiger partial charge on any atom is 0.276 e. The predicted molar refractivity (Wildman–Crippen MR) is 533 cm³/mol. The molecule has 10 aliphatic rings. The van der Waals surface area contributed by atoms with E-state index in [9.17, 15) is 30.2 Å². The van der Waals surface area contributed by atoms with Crippen LogP contribution in [0.3, 0.4) is 0 Å². The molecule has 20 rings (SSSR count). The number of aliphatic imine (C=N–C) groups is 1. The molecule has 6 atom stereocenters. The van der Waals surface area contributed by atoms with E-state index in [1.807, 2.05) is 77.9 Å². The highest BCUT2D eigenvalue weighted by atomic mass is 19.1. The quantitative estimate of drug-likeness (QED) is 0.0413. The van der Waals surface area contributed by atoms with Gasteiger partial charge in [0.2, 0.25) is 5.91 Å². The fourth-order valence-corrected chi connectivity index (χ4v) is 19.8. The molecule has 14 heterocycles. The van der Waals surface area contributed by atoms with Gasteiger partial charge in [0.1, 0.15) is 71.2 Å². The number of likely N-dealkylation sites (tertiary alicyclic amines) is 3. The molecule has 0 spiro atoms. The second-order valence-corrected chi connectivity index (χ2v) is 39.6. The summed E-state index contributed by atoms with van der Waals surface area (Å²) in [4.78, 5) is 88.7. The zero-order valence-electron chi connectivity index (χ0n) is 81.2. The number of hydrogen-bond donors (Lipinski definition) is 4. The van der Waals surface area contributed by atoms with Crippen molar-refractivity contribution in [3.63, 3.8) is 0 Å². The molecule has 3 amide bonds. The first-order chi connectivity index (χ1) is 69.2. The number of nitrogens with zero attached hydrogens (tertiary/aromatic N) is 22. The first-order valence-corrected chi connectivity index (χ1v) is 48.6. The molecule has 0 bridgehead atoms. The summed E-state index contributed by atoms with van der Waals surface area (Å²) in [6.07, 6.45) is 2.71. The van der Waals surface area contributed by atoms with Crippen molar-refractivity contribution in [3.8, 4) is 69.6 Å². The van der Waals surface area contributed by atoms with Gasteiger partial charge in [0, 0.05) is 209 Å². The zero-order valence-corrected chi connectivity index (χ0v) is 81.2. The van der Waals surface area contributed by atoms with Gasteiger partial charge in [-0.15, -0.1) is 5.10 Å². The first-order valence-electron chi connectivity index (χ1n) is 48.6. The highest BCUT2D eigenvalue weighted by Crippen LogP contribution is 2.43. The third-order valence-corrected chi connectivity index (χ3v) is 27.9. The second-order valence-electron chi connectivity index (χ2n) is 39.6. The van der Waals surface area contributed by atoms with Crippen molar-refractivity contribution in [2.24, 2.45) is 28.3 Å². The van der Waals surface area contributed by atoms with Crippen LogP contribution in [0.4, 0.5) is 64.7 Å². The number of aryl methyl sites for hydroxylation is 1. The summed E-state index contributed by atoms with van der Waals surface area (Å²) < 4.78 is 82.6. The predicted octanol–water partition coefficient (Wildman–Crippen LogP) is 11.5. The Morgan fingerprint density at radius 1 is 0.455 bits per heavy atom. The van der Waals surface area contributed by atoms with Crippen molar-refractivity contribution >= 4 is 75.5 Å². The van der Waals surface area contributed by atoms with Crippen molar-refractivity contribution < 1.29 is 61.1 Å². The number of aromatic nitrogens is 9. The number of carbonyl (C=O) groups is 3. The van der Waals surface area contributed by atoms with Crippen LogP contribution in [-0.2, 0) is 30.8 Å². The zero-order chi connectivity index (χ0) is 99.6. The van der Waals surface area contributed by atoms with Gasteiger partial charge in [-0.1, -0.05) is 46.8 Å². The van der Waals surface area contributed by atoms with Gasteiger partial charge in [-0.25, -0.2) is 43.1 Å². The summed E-state index contributed by atoms with van der Waals surface area (Å²) in [5, 5.41) is 56.8. The molecule has 0 saturated carbocycles. The van der Waals surface area contributed by atoms with Gasteiger partial charge in [0.05, 0.1) is 113 Å². The van der Waals surface area contributed by atoms with E-state index in [4.69, 9.17) is 38.5 Å². The molecule has 10 aromatic rings.